The lowest BCUT2D eigenvalue weighted by Gasteiger charge is -2.10. The number of carbonyl (C=O) groups excluding carboxylic acids is 1. The van der Waals surface area contributed by atoms with Gasteiger partial charge in [-0.3, -0.25) is 4.79 Å². The zero-order valence-corrected chi connectivity index (χ0v) is 11.8. The molecule has 114 valence electrons. The van der Waals surface area contributed by atoms with E-state index in [1.807, 2.05) is 0 Å². The molecule has 2 rings (SSSR count). The van der Waals surface area contributed by atoms with Gasteiger partial charge in [-0.1, -0.05) is 12.1 Å². The highest BCUT2D eigenvalue weighted by atomic mass is 19.1. The van der Waals surface area contributed by atoms with Crippen molar-refractivity contribution >= 4 is 17.6 Å². The average Bonchev–Trinajstić information content (AvgIpc) is 2.47. The summed E-state index contributed by atoms with van der Waals surface area (Å²) >= 11 is 0. The van der Waals surface area contributed by atoms with Crippen LogP contribution < -0.4 is 10.1 Å². The third-order valence-corrected chi connectivity index (χ3v) is 2.92. The first-order chi connectivity index (χ1) is 10.5. The first kappa shape index (κ1) is 15.5. The Morgan fingerprint density at radius 2 is 2.00 bits per heavy atom. The standard InChI is InChI=1S/C16H14FNO4/c1-10-5-6-11(16(20)21)7-14(10)18-15(19)9-22-13-4-2-3-12(17)8-13/h2-8H,9H2,1H3,(H,18,19)(H,20,21). The van der Waals surface area contributed by atoms with Gasteiger partial charge in [-0.25, -0.2) is 9.18 Å². The second kappa shape index (κ2) is 6.71. The average molecular weight is 303 g/mol. The third-order valence-electron chi connectivity index (χ3n) is 2.92. The second-order valence-electron chi connectivity index (χ2n) is 4.63. The van der Waals surface area contributed by atoms with E-state index >= 15 is 0 Å². The van der Waals surface area contributed by atoms with Crippen LogP contribution in [-0.4, -0.2) is 23.6 Å². The molecule has 0 spiro atoms. The zero-order chi connectivity index (χ0) is 16.1. The molecular weight excluding hydrogens is 289 g/mol. The molecular formula is C16H14FNO4. The van der Waals surface area contributed by atoms with Gasteiger partial charge in [0.2, 0.25) is 0 Å². The van der Waals surface area contributed by atoms with Crippen LogP contribution in [0.5, 0.6) is 5.75 Å². The molecule has 2 N–H and O–H groups in total. The maximum absolute atomic E-state index is 13.0. The molecule has 0 aliphatic rings. The lowest BCUT2D eigenvalue weighted by Crippen LogP contribution is -2.21. The Labute approximate surface area is 126 Å². The molecule has 0 radical (unpaired) electrons. The van der Waals surface area contributed by atoms with E-state index < -0.39 is 17.7 Å². The van der Waals surface area contributed by atoms with Crippen molar-refractivity contribution in [3.05, 3.63) is 59.4 Å². The number of carbonyl (C=O) groups is 2. The number of carboxylic acids is 1. The number of hydrogen-bond donors (Lipinski definition) is 2. The molecule has 22 heavy (non-hydrogen) atoms. The van der Waals surface area contributed by atoms with Crippen molar-refractivity contribution in [2.75, 3.05) is 11.9 Å². The molecule has 0 aromatic heterocycles. The Bertz CT molecular complexity index is 715. The number of anilines is 1. The minimum Gasteiger partial charge on any atom is -0.484 e. The van der Waals surface area contributed by atoms with E-state index in [1.54, 1.807) is 13.0 Å². The summed E-state index contributed by atoms with van der Waals surface area (Å²) in [6.45, 7) is 1.44. The van der Waals surface area contributed by atoms with Gasteiger partial charge in [-0.05, 0) is 36.8 Å². The largest absolute Gasteiger partial charge is 0.484 e. The summed E-state index contributed by atoms with van der Waals surface area (Å²) in [6.07, 6.45) is 0. The maximum atomic E-state index is 13.0. The molecule has 6 heteroatoms. The molecule has 2 aromatic rings. The number of hydrogen-bond acceptors (Lipinski definition) is 3. The Morgan fingerprint density at radius 3 is 2.68 bits per heavy atom. The Morgan fingerprint density at radius 1 is 1.23 bits per heavy atom. The van der Waals surface area contributed by atoms with Gasteiger partial charge in [0.05, 0.1) is 5.56 Å². The first-order valence-corrected chi connectivity index (χ1v) is 6.48. The summed E-state index contributed by atoms with van der Waals surface area (Å²) in [6, 6.07) is 9.88. The van der Waals surface area contributed by atoms with Crippen LogP contribution in [0, 0.1) is 12.7 Å². The topological polar surface area (TPSA) is 75.6 Å². The molecule has 0 aliphatic carbocycles. The minimum atomic E-state index is -1.08. The minimum absolute atomic E-state index is 0.0759. The third kappa shape index (κ3) is 4.05. The van der Waals surface area contributed by atoms with E-state index in [4.69, 9.17) is 9.84 Å². The lowest BCUT2D eigenvalue weighted by atomic mass is 10.1. The molecule has 0 unspecified atom stereocenters. The van der Waals surface area contributed by atoms with Gasteiger partial charge in [0.25, 0.3) is 5.91 Å². The number of aryl methyl sites for hydroxylation is 1. The van der Waals surface area contributed by atoms with Crippen LogP contribution in [0.15, 0.2) is 42.5 Å². The normalized spacial score (nSPS) is 10.1. The van der Waals surface area contributed by atoms with E-state index in [9.17, 15) is 14.0 Å². The summed E-state index contributed by atoms with van der Waals surface area (Å²) in [5.41, 5.74) is 1.20. The zero-order valence-electron chi connectivity index (χ0n) is 11.8. The smallest absolute Gasteiger partial charge is 0.335 e. The van der Waals surface area contributed by atoms with Crippen LogP contribution in [0.3, 0.4) is 0 Å². The fourth-order valence-electron chi connectivity index (χ4n) is 1.78. The molecule has 0 saturated heterocycles. The predicted molar refractivity (Wildman–Crippen MR) is 78.7 cm³/mol. The number of nitrogens with one attached hydrogen (secondary N) is 1. The van der Waals surface area contributed by atoms with Gasteiger partial charge in [0, 0.05) is 11.8 Å². The van der Waals surface area contributed by atoms with Gasteiger partial charge in [0.1, 0.15) is 11.6 Å². The molecule has 5 nitrogen and oxygen atoms in total. The summed E-state index contributed by atoms with van der Waals surface area (Å²) in [7, 11) is 0. The molecule has 0 aliphatic heterocycles. The Balaban J connectivity index is 2.00. The molecule has 0 saturated carbocycles. The van der Waals surface area contributed by atoms with Crippen molar-refractivity contribution in [3.63, 3.8) is 0 Å². The van der Waals surface area contributed by atoms with Crippen molar-refractivity contribution in [2.45, 2.75) is 6.92 Å². The number of ether oxygens (including phenoxy) is 1. The fourth-order valence-corrected chi connectivity index (χ4v) is 1.78. The van der Waals surface area contributed by atoms with Crippen LogP contribution in [0.1, 0.15) is 15.9 Å². The van der Waals surface area contributed by atoms with Gasteiger partial charge < -0.3 is 15.2 Å². The van der Waals surface area contributed by atoms with Crippen molar-refractivity contribution in [2.24, 2.45) is 0 Å². The maximum Gasteiger partial charge on any atom is 0.335 e. The van der Waals surface area contributed by atoms with Gasteiger partial charge in [-0.2, -0.15) is 0 Å². The highest BCUT2D eigenvalue weighted by Gasteiger charge is 2.10. The van der Waals surface area contributed by atoms with E-state index in [0.29, 0.717) is 5.69 Å². The number of halogens is 1. The fraction of sp³-hybridized carbons (Fsp3) is 0.125. The Kier molecular flexibility index (Phi) is 4.73. The summed E-state index contributed by atoms with van der Waals surface area (Å²) in [5.74, 6) is -1.75. The number of benzene rings is 2. The van der Waals surface area contributed by atoms with Crippen LogP contribution >= 0.6 is 0 Å². The lowest BCUT2D eigenvalue weighted by molar-refractivity contribution is -0.118. The van der Waals surface area contributed by atoms with E-state index in [2.05, 4.69) is 5.32 Å². The number of carboxylic acid groups (broad SMARTS) is 1. The molecule has 2 aromatic carbocycles. The van der Waals surface area contributed by atoms with Crippen LogP contribution in [0.2, 0.25) is 0 Å². The molecule has 0 bridgehead atoms. The molecule has 0 fully saturated rings. The monoisotopic (exact) mass is 303 g/mol. The quantitative estimate of drug-likeness (QED) is 0.890. The Hall–Kier alpha value is -2.89. The van der Waals surface area contributed by atoms with Gasteiger partial charge >= 0.3 is 5.97 Å². The SMILES string of the molecule is Cc1ccc(C(=O)O)cc1NC(=O)COc1cccc(F)c1. The molecule has 0 atom stereocenters. The second-order valence-corrected chi connectivity index (χ2v) is 4.63. The van der Waals surface area contributed by atoms with Crippen LogP contribution in [0.25, 0.3) is 0 Å². The van der Waals surface area contributed by atoms with Crippen LogP contribution in [0.4, 0.5) is 10.1 Å². The van der Waals surface area contributed by atoms with E-state index in [-0.39, 0.29) is 17.9 Å². The molecule has 1 amide bonds. The molecule has 0 heterocycles. The van der Waals surface area contributed by atoms with E-state index in [0.717, 1.165) is 5.56 Å². The number of rotatable bonds is 5. The summed E-state index contributed by atoms with van der Waals surface area (Å²) in [4.78, 5) is 22.7. The van der Waals surface area contributed by atoms with Crippen molar-refractivity contribution < 1.29 is 23.8 Å². The van der Waals surface area contributed by atoms with Crippen molar-refractivity contribution in [3.8, 4) is 5.75 Å². The van der Waals surface area contributed by atoms with E-state index in [1.165, 1.54) is 36.4 Å². The van der Waals surface area contributed by atoms with Gasteiger partial charge in [0.15, 0.2) is 6.61 Å². The highest BCUT2D eigenvalue weighted by molar-refractivity contribution is 5.95. The number of amides is 1. The first-order valence-electron chi connectivity index (χ1n) is 6.48. The summed E-state index contributed by atoms with van der Waals surface area (Å²) < 4.78 is 18.1. The number of aromatic carboxylic acids is 1. The summed E-state index contributed by atoms with van der Waals surface area (Å²) in [5, 5.41) is 11.5. The van der Waals surface area contributed by atoms with Gasteiger partial charge in [-0.15, -0.1) is 0 Å². The van der Waals surface area contributed by atoms with Crippen molar-refractivity contribution in [1.29, 1.82) is 0 Å². The highest BCUT2D eigenvalue weighted by Crippen LogP contribution is 2.17. The predicted octanol–water partition coefficient (Wildman–Crippen LogP) is 2.85. The van der Waals surface area contributed by atoms with Crippen LogP contribution in [-0.2, 0) is 4.79 Å². The van der Waals surface area contributed by atoms with Crippen molar-refractivity contribution in [1.82, 2.24) is 0 Å².